The summed E-state index contributed by atoms with van der Waals surface area (Å²) < 4.78 is 7.94. The highest BCUT2D eigenvalue weighted by Crippen LogP contribution is 2.15. The molecule has 1 saturated heterocycles. The molecule has 0 spiro atoms. The van der Waals surface area contributed by atoms with Gasteiger partial charge in [0.25, 0.3) is 0 Å². The molecule has 1 aliphatic heterocycles. The zero-order chi connectivity index (χ0) is 13.0. The summed E-state index contributed by atoms with van der Waals surface area (Å²) in [5.41, 5.74) is 1.07. The number of aromatic nitrogens is 2. The lowest BCUT2D eigenvalue weighted by Crippen LogP contribution is -2.28. The monoisotopic (exact) mass is 251 g/mol. The number of imidazole rings is 1. The van der Waals surface area contributed by atoms with Crippen LogP contribution in [-0.4, -0.2) is 28.8 Å². The minimum atomic E-state index is 0.350. The van der Waals surface area contributed by atoms with Gasteiger partial charge in [-0.2, -0.15) is 0 Å². The topological polar surface area (TPSA) is 39.1 Å². The lowest BCUT2D eigenvalue weighted by atomic mass is 10.1. The second-order valence-electron chi connectivity index (χ2n) is 5.62. The summed E-state index contributed by atoms with van der Waals surface area (Å²) >= 11 is 0. The Balaban J connectivity index is 1.91. The molecule has 2 heterocycles. The van der Waals surface area contributed by atoms with Crippen molar-refractivity contribution in [3.05, 3.63) is 11.9 Å². The van der Waals surface area contributed by atoms with Crippen molar-refractivity contribution in [2.24, 2.45) is 5.92 Å². The maximum Gasteiger partial charge on any atom is 0.203 e. The van der Waals surface area contributed by atoms with Gasteiger partial charge in [-0.05, 0) is 32.1 Å². The molecule has 2 rings (SSSR count). The van der Waals surface area contributed by atoms with E-state index in [1.54, 1.807) is 0 Å². The fraction of sp³-hybridized carbons (Fsp3) is 0.786. The molecule has 4 heteroatoms. The first-order valence-corrected chi connectivity index (χ1v) is 7.04. The Kier molecular flexibility index (Phi) is 4.64. The molecule has 0 amide bonds. The minimum Gasteiger partial charge on any atom is -0.376 e. The van der Waals surface area contributed by atoms with Crippen molar-refractivity contribution < 1.29 is 4.74 Å². The van der Waals surface area contributed by atoms with E-state index in [0.29, 0.717) is 12.0 Å². The summed E-state index contributed by atoms with van der Waals surface area (Å²) in [4.78, 5) is 4.54. The number of hydrogen-bond acceptors (Lipinski definition) is 3. The summed E-state index contributed by atoms with van der Waals surface area (Å²) in [5.74, 6) is 1.61. The van der Waals surface area contributed by atoms with E-state index in [1.807, 2.05) is 6.92 Å². The average Bonchev–Trinajstić information content (AvgIpc) is 2.67. The van der Waals surface area contributed by atoms with E-state index in [1.165, 1.54) is 12.8 Å². The highest BCUT2D eigenvalue weighted by Gasteiger charge is 2.15. The maximum atomic E-state index is 5.73. The molecular formula is C14H25N3O. The summed E-state index contributed by atoms with van der Waals surface area (Å²) in [5, 5.41) is 3.44. The smallest absolute Gasteiger partial charge is 0.203 e. The largest absolute Gasteiger partial charge is 0.376 e. The summed E-state index contributed by atoms with van der Waals surface area (Å²) in [6.45, 7) is 9.28. The molecule has 0 aromatic carbocycles. The SMILES string of the molecule is Cc1cn(CC(C)C)c(NCC2CCCCO2)n1. The lowest BCUT2D eigenvalue weighted by Gasteiger charge is -2.23. The van der Waals surface area contributed by atoms with E-state index in [9.17, 15) is 0 Å². The summed E-state index contributed by atoms with van der Waals surface area (Å²) in [6, 6.07) is 0. The number of nitrogens with zero attached hydrogens (tertiary/aromatic N) is 2. The van der Waals surface area contributed by atoms with Crippen LogP contribution in [0.5, 0.6) is 0 Å². The number of nitrogens with one attached hydrogen (secondary N) is 1. The van der Waals surface area contributed by atoms with Gasteiger partial charge >= 0.3 is 0 Å². The van der Waals surface area contributed by atoms with Crippen LogP contribution >= 0.6 is 0 Å². The van der Waals surface area contributed by atoms with Crippen LogP contribution in [0.3, 0.4) is 0 Å². The first-order valence-electron chi connectivity index (χ1n) is 7.04. The molecule has 1 aliphatic rings. The Labute approximate surface area is 110 Å². The van der Waals surface area contributed by atoms with Crippen LogP contribution < -0.4 is 5.32 Å². The van der Waals surface area contributed by atoms with Crippen LogP contribution in [0.15, 0.2) is 6.20 Å². The Hall–Kier alpha value is -1.03. The van der Waals surface area contributed by atoms with Gasteiger partial charge in [-0.15, -0.1) is 0 Å². The number of anilines is 1. The highest BCUT2D eigenvalue weighted by molar-refractivity contribution is 5.29. The van der Waals surface area contributed by atoms with Gasteiger partial charge in [0.2, 0.25) is 5.95 Å². The summed E-state index contributed by atoms with van der Waals surface area (Å²) in [7, 11) is 0. The number of rotatable bonds is 5. The van der Waals surface area contributed by atoms with Crippen molar-refractivity contribution in [2.45, 2.75) is 52.7 Å². The van der Waals surface area contributed by atoms with E-state index in [2.05, 4.69) is 34.9 Å². The lowest BCUT2D eigenvalue weighted by molar-refractivity contribution is 0.0246. The van der Waals surface area contributed by atoms with Crippen molar-refractivity contribution >= 4 is 5.95 Å². The first kappa shape index (κ1) is 13.4. The van der Waals surface area contributed by atoms with Gasteiger partial charge in [-0.25, -0.2) is 4.98 Å². The molecule has 1 fully saturated rings. The predicted molar refractivity (Wildman–Crippen MR) is 73.9 cm³/mol. The van der Waals surface area contributed by atoms with Crippen LogP contribution in [0.1, 0.15) is 38.8 Å². The first-order chi connectivity index (χ1) is 8.65. The van der Waals surface area contributed by atoms with E-state index < -0.39 is 0 Å². The molecule has 0 bridgehead atoms. The Morgan fingerprint density at radius 1 is 1.50 bits per heavy atom. The second kappa shape index (κ2) is 6.23. The van der Waals surface area contributed by atoms with Crippen molar-refractivity contribution in [3.8, 4) is 0 Å². The van der Waals surface area contributed by atoms with Crippen LogP contribution in [0.2, 0.25) is 0 Å². The quantitative estimate of drug-likeness (QED) is 0.874. The van der Waals surface area contributed by atoms with Crippen LogP contribution in [0.25, 0.3) is 0 Å². The molecule has 0 aliphatic carbocycles. The van der Waals surface area contributed by atoms with Crippen molar-refractivity contribution in [1.29, 1.82) is 0 Å². The number of ether oxygens (including phenoxy) is 1. The molecule has 1 atom stereocenters. The normalized spacial score (nSPS) is 20.3. The Morgan fingerprint density at radius 2 is 2.33 bits per heavy atom. The number of hydrogen-bond donors (Lipinski definition) is 1. The fourth-order valence-corrected chi connectivity index (χ4v) is 2.39. The fourth-order valence-electron chi connectivity index (χ4n) is 2.39. The van der Waals surface area contributed by atoms with Crippen molar-refractivity contribution in [3.63, 3.8) is 0 Å². The standard InChI is InChI=1S/C14H25N3O/c1-11(2)9-17-10-12(3)16-14(17)15-8-13-6-4-5-7-18-13/h10-11,13H,4-9H2,1-3H3,(H,15,16). The van der Waals surface area contributed by atoms with E-state index in [0.717, 1.165) is 37.8 Å². The van der Waals surface area contributed by atoms with Crippen LogP contribution in [-0.2, 0) is 11.3 Å². The number of aryl methyl sites for hydroxylation is 1. The van der Waals surface area contributed by atoms with E-state index >= 15 is 0 Å². The molecule has 1 N–H and O–H groups in total. The third kappa shape index (κ3) is 3.73. The summed E-state index contributed by atoms with van der Waals surface area (Å²) in [6.07, 6.45) is 6.12. The van der Waals surface area contributed by atoms with Gasteiger partial charge in [0, 0.05) is 25.9 Å². The molecule has 4 nitrogen and oxygen atoms in total. The van der Waals surface area contributed by atoms with Gasteiger partial charge in [-0.3, -0.25) is 0 Å². The van der Waals surface area contributed by atoms with Gasteiger partial charge in [-0.1, -0.05) is 13.8 Å². The van der Waals surface area contributed by atoms with E-state index in [4.69, 9.17) is 4.74 Å². The zero-order valence-corrected chi connectivity index (χ0v) is 11.8. The molecule has 0 saturated carbocycles. The minimum absolute atomic E-state index is 0.350. The van der Waals surface area contributed by atoms with Gasteiger partial charge in [0.05, 0.1) is 11.8 Å². The van der Waals surface area contributed by atoms with Crippen molar-refractivity contribution in [2.75, 3.05) is 18.5 Å². The zero-order valence-electron chi connectivity index (χ0n) is 11.8. The molecule has 1 aromatic heterocycles. The Morgan fingerprint density at radius 3 is 3.00 bits per heavy atom. The van der Waals surface area contributed by atoms with Gasteiger partial charge in [0.15, 0.2) is 0 Å². The second-order valence-corrected chi connectivity index (χ2v) is 5.62. The van der Waals surface area contributed by atoms with E-state index in [-0.39, 0.29) is 0 Å². The van der Waals surface area contributed by atoms with Gasteiger partial charge in [0.1, 0.15) is 0 Å². The third-order valence-corrected chi connectivity index (χ3v) is 3.22. The maximum absolute atomic E-state index is 5.73. The van der Waals surface area contributed by atoms with Crippen molar-refractivity contribution in [1.82, 2.24) is 9.55 Å². The van der Waals surface area contributed by atoms with Crippen LogP contribution in [0.4, 0.5) is 5.95 Å². The molecule has 1 unspecified atom stereocenters. The van der Waals surface area contributed by atoms with Gasteiger partial charge < -0.3 is 14.6 Å². The molecule has 18 heavy (non-hydrogen) atoms. The molecule has 0 radical (unpaired) electrons. The molecule has 1 aromatic rings. The van der Waals surface area contributed by atoms with Crippen LogP contribution in [0, 0.1) is 12.8 Å². The molecular weight excluding hydrogens is 226 g/mol. The average molecular weight is 251 g/mol. The predicted octanol–water partition coefficient (Wildman–Crippen LogP) is 2.83. The third-order valence-electron chi connectivity index (χ3n) is 3.22. The molecule has 102 valence electrons. The Bertz CT molecular complexity index is 367. The highest BCUT2D eigenvalue weighted by atomic mass is 16.5.